The Morgan fingerprint density at radius 1 is 0.387 bits per heavy atom. The van der Waals surface area contributed by atoms with Crippen molar-refractivity contribution in [1.29, 1.82) is 0 Å². The third kappa shape index (κ3) is 19.5. The van der Waals surface area contributed by atoms with Crippen LogP contribution in [-0.2, 0) is 35.6 Å². The number of ether oxygens (including phenoxy) is 8. The number of fused-ring (bicyclic) bond motifs is 3. The van der Waals surface area contributed by atoms with Crippen LogP contribution in [-0.4, -0.2) is 65.3 Å². The predicted molar refractivity (Wildman–Crippen MR) is 386 cm³/mol. The Hall–Kier alpha value is -14.0. The number of carbonyl (C=O) groups excluding carboxylic acids is 4. The fourth-order valence-electron chi connectivity index (χ4n) is 10.3. The maximum atomic E-state index is 14.9. The minimum Gasteiger partial charge on any atom is -0.504 e. The van der Waals surface area contributed by atoms with Gasteiger partial charge in [-0.25, -0.2) is 31.5 Å². The minimum atomic E-state index is -0.920. The number of aromatic hydroxyl groups is 1. The van der Waals surface area contributed by atoms with E-state index in [1.807, 2.05) is 60.7 Å². The molecule has 0 aliphatic heterocycles. The summed E-state index contributed by atoms with van der Waals surface area (Å²) in [7, 11) is 4.51. The van der Waals surface area contributed by atoms with E-state index in [1.54, 1.807) is 74.1 Å². The van der Waals surface area contributed by atoms with Crippen molar-refractivity contribution in [1.82, 2.24) is 25.6 Å². The fraction of sp³-hybridized carbons (Fsp3) is 0.0875. The van der Waals surface area contributed by atoms with Gasteiger partial charge < -0.3 is 59.4 Å². The van der Waals surface area contributed by atoms with E-state index in [9.17, 15) is 46.2 Å². The molecule has 0 unspecified atom stereocenters. The van der Waals surface area contributed by atoms with Gasteiger partial charge in [0.05, 0.1) is 67.8 Å². The molecule has 106 heavy (non-hydrogen) atoms. The summed E-state index contributed by atoms with van der Waals surface area (Å²) in [4.78, 5) is 61.4. The molecule has 10 aromatic carbocycles. The molecule has 0 aliphatic carbocycles. The Morgan fingerprint density at radius 3 is 1.13 bits per heavy atom. The molecule has 0 bridgehead atoms. The maximum Gasteiger partial charge on any atom is 0.325 e. The van der Waals surface area contributed by atoms with Crippen molar-refractivity contribution in [2.45, 2.75) is 26.1 Å². The summed E-state index contributed by atoms with van der Waals surface area (Å²) < 4.78 is 115. The molecule has 21 nitrogen and oxygen atoms in total. The van der Waals surface area contributed by atoms with E-state index < -0.39 is 53.0 Å². The first-order valence-electron chi connectivity index (χ1n) is 32.1. The smallest absolute Gasteiger partial charge is 0.325 e. The minimum absolute atomic E-state index is 0.0683. The number of phenolic OH excluding ortho intramolecular Hbond substituents is 1. The number of hydrogen-bond donors (Lipinski definition) is 6. The number of anilines is 3. The quantitative estimate of drug-likeness (QED) is 0.0288. The van der Waals surface area contributed by atoms with Crippen LogP contribution >= 0.6 is 0 Å². The molecule has 0 aliphatic rings. The third-order valence-corrected chi connectivity index (χ3v) is 15.5. The van der Waals surface area contributed by atoms with Crippen LogP contribution in [0.25, 0.3) is 32.7 Å². The normalized spacial score (nSPS) is 10.6. The Kier molecular flexibility index (Phi) is 23.9. The number of pyridine rings is 3. The monoisotopic (exact) mass is 1440 g/mol. The van der Waals surface area contributed by atoms with Crippen LogP contribution in [0.3, 0.4) is 0 Å². The number of hydrogen-bond acceptors (Lipinski definition) is 17. The highest BCUT2D eigenvalue weighted by Gasteiger charge is 2.20. The van der Waals surface area contributed by atoms with Crippen molar-refractivity contribution in [3.63, 3.8) is 0 Å². The van der Waals surface area contributed by atoms with Crippen molar-refractivity contribution in [2.24, 2.45) is 0 Å². The van der Waals surface area contributed by atoms with Crippen molar-refractivity contribution in [3.05, 3.63) is 288 Å². The second kappa shape index (κ2) is 34.6. The van der Waals surface area contributed by atoms with Gasteiger partial charge in [-0.3, -0.25) is 35.2 Å². The zero-order valence-electron chi connectivity index (χ0n) is 56.5. The molecule has 0 atom stereocenters. The van der Waals surface area contributed by atoms with Crippen LogP contribution in [0, 0.1) is 29.1 Å². The van der Waals surface area contributed by atoms with Gasteiger partial charge in [-0.15, -0.1) is 0 Å². The van der Waals surface area contributed by atoms with Crippen LogP contribution in [0.2, 0.25) is 0 Å². The number of aromatic nitrogens is 3. The standard InChI is InChI=1S/C32H25F2N3O5.C25H19F2N3O5.C23H19FN2O3/c1-40-29-17-24-27(18-30(29)41-19-21-5-3-2-4-6-21)35-14-13-28(24)42-23-11-12-26(25(34)16-23)36-32(39)37-31(38)15-20-7-9-22(33)10-8-20;1-34-23-12-17-20(13-21(23)31)28-9-8-22(17)35-16-6-7-19(18(27)11-16)29-25(33)30-24(32)10-14-2-4-15(26)5-3-14;1-27-22-12-17-20(13-23(22)28-14-15-5-3-2-4-6-15)26-10-9-21(17)29-16-7-8-19(25)18(24)11-16/h2-14,16-18H,15,19H2,1H3,(H2,36,37,38,39);2-9,11-13,31H,10H2,1H3,(H2,29,30,32,33);2-13H,14,25H2,1H3. The zero-order chi connectivity index (χ0) is 74.6. The molecule has 26 heteroatoms. The Labute approximate surface area is 601 Å². The van der Waals surface area contributed by atoms with Gasteiger partial charge in [-0.1, -0.05) is 84.9 Å². The second-order valence-corrected chi connectivity index (χ2v) is 22.9. The number of halogens is 5. The molecule has 7 N–H and O–H groups in total. The summed E-state index contributed by atoms with van der Waals surface area (Å²) in [6, 6.07) is 55.3. The van der Waals surface area contributed by atoms with Gasteiger partial charge in [0.2, 0.25) is 11.8 Å². The summed E-state index contributed by atoms with van der Waals surface area (Å²) in [5, 5.41) is 20.6. The number of carbonyl (C=O) groups is 4. The number of nitrogens with zero attached hydrogens (tertiary/aromatic N) is 3. The molecule has 3 aromatic heterocycles. The largest absolute Gasteiger partial charge is 0.504 e. The first-order valence-corrected chi connectivity index (χ1v) is 32.1. The molecular weight excluding hydrogens is 1380 g/mol. The molecule has 6 amide bonds. The van der Waals surface area contributed by atoms with E-state index in [2.05, 4.69) is 36.2 Å². The Balaban J connectivity index is 0.000000161. The lowest BCUT2D eigenvalue weighted by atomic mass is 10.1. The average molecular weight is 1440 g/mol. The van der Waals surface area contributed by atoms with Crippen LogP contribution in [0.5, 0.6) is 69.0 Å². The molecular formula is C80H63F5N8O13. The Bertz CT molecular complexity index is 5330. The molecule has 13 aromatic rings. The van der Waals surface area contributed by atoms with Gasteiger partial charge in [0.15, 0.2) is 34.5 Å². The first-order chi connectivity index (χ1) is 51.3. The number of benzene rings is 10. The van der Waals surface area contributed by atoms with Gasteiger partial charge in [0.25, 0.3) is 0 Å². The van der Waals surface area contributed by atoms with Crippen LogP contribution < -0.4 is 64.9 Å². The topological polar surface area (TPSA) is 275 Å². The summed E-state index contributed by atoms with van der Waals surface area (Å²) in [6.45, 7) is 0.753. The zero-order valence-corrected chi connectivity index (χ0v) is 56.5. The lowest BCUT2D eigenvalue weighted by molar-refractivity contribution is -0.120. The van der Waals surface area contributed by atoms with Crippen molar-refractivity contribution in [2.75, 3.05) is 37.7 Å². The fourth-order valence-corrected chi connectivity index (χ4v) is 10.3. The molecule has 0 saturated carbocycles. The molecule has 0 saturated heterocycles. The lowest BCUT2D eigenvalue weighted by Crippen LogP contribution is -2.35. The number of rotatable bonds is 21. The summed E-state index contributed by atoms with van der Waals surface area (Å²) >= 11 is 0. The predicted octanol–water partition coefficient (Wildman–Crippen LogP) is 17.0. The van der Waals surface area contributed by atoms with Gasteiger partial charge in [-0.05, 0) is 119 Å². The van der Waals surface area contributed by atoms with E-state index in [4.69, 9.17) is 43.6 Å². The van der Waals surface area contributed by atoms with Gasteiger partial charge in [-0.2, -0.15) is 0 Å². The van der Waals surface area contributed by atoms with Crippen LogP contribution in [0.15, 0.2) is 237 Å². The SMILES string of the molecule is COc1cc2c(Oc3ccc(N)c(F)c3)ccnc2cc1OCc1ccccc1.COc1cc2c(Oc3ccc(NC(=O)NC(=O)Cc4ccc(F)cc4)c(F)c3)ccnc2cc1O.COc1cc2c(Oc3ccc(NC(=O)NC(=O)Cc4ccc(F)cc4)c(F)c3)ccnc2cc1OCc1ccccc1. The molecule has 3 heterocycles. The number of amides is 6. The number of nitrogens with one attached hydrogen (secondary N) is 4. The van der Waals surface area contributed by atoms with Crippen LogP contribution in [0.1, 0.15) is 22.3 Å². The highest BCUT2D eigenvalue weighted by Crippen LogP contribution is 2.41. The number of phenols is 1. The number of methoxy groups -OCH3 is 3. The maximum absolute atomic E-state index is 14.9. The first kappa shape index (κ1) is 73.2. The van der Waals surface area contributed by atoms with Gasteiger partial charge in [0, 0.05) is 71.1 Å². The van der Waals surface area contributed by atoms with Crippen LogP contribution in [0.4, 0.5) is 48.6 Å². The Morgan fingerprint density at radius 2 is 0.755 bits per heavy atom. The summed E-state index contributed by atoms with van der Waals surface area (Å²) in [6.07, 6.45) is 4.37. The van der Waals surface area contributed by atoms with E-state index in [1.165, 1.54) is 111 Å². The third-order valence-electron chi connectivity index (χ3n) is 15.5. The number of nitrogens with two attached hydrogens (primary N) is 1. The number of nitrogen functional groups attached to an aromatic ring is 1. The van der Waals surface area contributed by atoms with Gasteiger partial charge >= 0.3 is 12.1 Å². The molecule has 13 rings (SSSR count). The summed E-state index contributed by atoms with van der Waals surface area (Å²) in [5.74, 6) is -0.0841. The van der Waals surface area contributed by atoms with Crippen molar-refractivity contribution >= 4 is 73.6 Å². The highest BCUT2D eigenvalue weighted by atomic mass is 19.1. The van der Waals surface area contributed by atoms with Crippen molar-refractivity contribution in [3.8, 4) is 69.0 Å². The van der Waals surface area contributed by atoms with Crippen molar-refractivity contribution < 1.29 is 84.1 Å². The van der Waals surface area contributed by atoms with E-state index in [0.29, 0.717) is 103 Å². The molecule has 0 spiro atoms. The molecule has 536 valence electrons. The van der Waals surface area contributed by atoms with E-state index in [0.717, 1.165) is 23.3 Å². The lowest BCUT2D eigenvalue weighted by Gasteiger charge is -2.14. The summed E-state index contributed by atoms with van der Waals surface area (Å²) in [5.41, 5.74) is 10.0. The highest BCUT2D eigenvalue weighted by molar-refractivity contribution is 6.03. The van der Waals surface area contributed by atoms with E-state index >= 15 is 0 Å². The van der Waals surface area contributed by atoms with Gasteiger partial charge in [0.1, 0.15) is 76.8 Å². The number of urea groups is 2. The average Bonchev–Trinajstić information content (AvgIpc) is 0.803. The number of imide groups is 2. The molecule has 0 radical (unpaired) electrons. The second-order valence-electron chi connectivity index (χ2n) is 22.9. The molecule has 0 fully saturated rings. The van der Waals surface area contributed by atoms with E-state index in [-0.39, 0.29) is 52.9 Å².